The van der Waals surface area contributed by atoms with E-state index in [1.54, 1.807) is 0 Å². The number of hydrogen-bond acceptors (Lipinski definition) is 2. The van der Waals surface area contributed by atoms with E-state index in [9.17, 15) is 0 Å². The van der Waals surface area contributed by atoms with Crippen LogP contribution in [0.4, 0.5) is 0 Å². The lowest BCUT2D eigenvalue weighted by atomic mass is 10.2. The summed E-state index contributed by atoms with van der Waals surface area (Å²) in [5.41, 5.74) is 2.04. The van der Waals surface area contributed by atoms with Gasteiger partial charge in [-0.3, -0.25) is 0 Å². The Labute approximate surface area is 114 Å². The molecule has 0 aliphatic carbocycles. The van der Waals surface area contributed by atoms with Crippen molar-refractivity contribution in [3.63, 3.8) is 0 Å². The van der Waals surface area contributed by atoms with E-state index in [1.807, 2.05) is 24.5 Å². The summed E-state index contributed by atoms with van der Waals surface area (Å²) in [5.74, 6) is 0. The van der Waals surface area contributed by atoms with Crippen molar-refractivity contribution in [1.29, 1.82) is 0 Å². The minimum absolute atomic E-state index is 0.366. The van der Waals surface area contributed by atoms with Crippen LogP contribution in [0.1, 0.15) is 40.2 Å². The molecule has 3 aromatic rings. The number of nitrogens with zero attached hydrogens (tertiary/aromatic N) is 3. The maximum Gasteiger partial charge on any atom is 0.142 e. The molecule has 3 rings (SSSR count). The van der Waals surface area contributed by atoms with Crippen LogP contribution in [0.2, 0.25) is 0 Å². The normalized spacial score (nSPS) is 10.8. The highest BCUT2D eigenvalue weighted by molar-refractivity contribution is 6.05. The molecule has 3 aromatic heterocycles. The first-order chi connectivity index (χ1) is 9.20. The van der Waals surface area contributed by atoms with Gasteiger partial charge in [0.05, 0.1) is 0 Å². The van der Waals surface area contributed by atoms with Crippen molar-refractivity contribution in [3.8, 4) is 0 Å². The number of rotatable bonds is 1. The topological polar surface area (TPSA) is 30.7 Å². The van der Waals surface area contributed by atoms with Gasteiger partial charge in [-0.1, -0.05) is 20.3 Å². The van der Waals surface area contributed by atoms with E-state index < -0.39 is 0 Å². The second-order valence-corrected chi connectivity index (χ2v) is 4.92. The van der Waals surface area contributed by atoms with Gasteiger partial charge >= 0.3 is 0 Å². The fourth-order valence-electron chi connectivity index (χ4n) is 2.19. The van der Waals surface area contributed by atoms with E-state index in [-0.39, 0.29) is 0 Å². The lowest BCUT2D eigenvalue weighted by Crippen LogP contribution is -2.01. The molecule has 19 heavy (non-hydrogen) atoms. The summed E-state index contributed by atoms with van der Waals surface area (Å²) in [5, 5.41) is 2.36. The molecule has 0 amide bonds. The van der Waals surface area contributed by atoms with E-state index in [0.29, 0.717) is 6.04 Å². The van der Waals surface area contributed by atoms with E-state index in [1.165, 1.54) is 17.2 Å². The fraction of sp³-hybridized carbons (Fsp3) is 0.375. The van der Waals surface area contributed by atoms with Crippen molar-refractivity contribution in [2.45, 2.75) is 40.2 Å². The molecule has 3 heteroatoms. The van der Waals surface area contributed by atoms with Gasteiger partial charge in [0.15, 0.2) is 0 Å². The summed E-state index contributed by atoms with van der Waals surface area (Å²) in [4.78, 5) is 8.93. The molecule has 3 heterocycles. The molecule has 0 aliphatic heterocycles. The van der Waals surface area contributed by atoms with Gasteiger partial charge in [-0.05, 0) is 38.1 Å². The highest BCUT2D eigenvalue weighted by Gasteiger charge is 2.13. The van der Waals surface area contributed by atoms with Gasteiger partial charge < -0.3 is 4.57 Å². The first-order valence-corrected chi connectivity index (χ1v) is 6.90. The number of pyridine rings is 2. The minimum atomic E-state index is 0.366. The summed E-state index contributed by atoms with van der Waals surface area (Å²) in [6.07, 6.45) is 4.92. The second kappa shape index (κ2) is 5.83. The van der Waals surface area contributed by atoms with Gasteiger partial charge in [-0.2, -0.15) is 0 Å². The quantitative estimate of drug-likeness (QED) is 0.637. The molecular formula is C16H21N3. The highest BCUT2D eigenvalue weighted by Crippen LogP contribution is 2.28. The number of fused-ring (bicyclic) bond motifs is 3. The largest absolute Gasteiger partial charge is 0.307 e. The third-order valence-electron chi connectivity index (χ3n) is 2.84. The van der Waals surface area contributed by atoms with Crippen molar-refractivity contribution >= 4 is 22.1 Å². The molecule has 100 valence electrons. The van der Waals surface area contributed by atoms with Crippen LogP contribution in [-0.4, -0.2) is 14.5 Å². The molecule has 0 unspecified atom stereocenters. The predicted molar refractivity (Wildman–Crippen MR) is 81.4 cm³/mol. The summed E-state index contributed by atoms with van der Waals surface area (Å²) in [6.45, 7) is 8.56. The Kier molecular flexibility index (Phi) is 4.15. The first kappa shape index (κ1) is 13.5. The zero-order chi connectivity index (χ0) is 13.8. The molecule has 0 atom stereocenters. The number of aromatic nitrogens is 3. The average Bonchev–Trinajstić information content (AvgIpc) is 2.74. The van der Waals surface area contributed by atoms with Crippen LogP contribution in [0, 0.1) is 0 Å². The lowest BCUT2D eigenvalue weighted by Gasteiger charge is -2.09. The van der Waals surface area contributed by atoms with Crippen LogP contribution in [-0.2, 0) is 0 Å². The molecule has 0 bridgehead atoms. The van der Waals surface area contributed by atoms with Gasteiger partial charge in [0, 0.05) is 29.2 Å². The van der Waals surface area contributed by atoms with Crippen LogP contribution >= 0.6 is 0 Å². The van der Waals surface area contributed by atoms with Gasteiger partial charge in [-0.25, -0.2) is 9.97 Å². The van der Waals surface area contributed by atoms with Crippen LogP contribution < -0.4 is 0 Å². The Morgan fingerprint density at radius 3 is 1.74 bits per heavy atom. The molecule has 0 radical (unpaired) electrons. The average molecular weight is 255 g/mol. The molecule has 0 saturated carbocycles. The van der Waals surface area contributed by atoms with Crippen LogP contribution in [0.3, 0.4) is 0 Å². The van der Waals surface area contributed by atoms with Gasteiger partial charge in [0.1, 0.15) is 11.3 Å². The monoisotopic (exact) mass is 255 g/mol. The van der Waals surface area contributed by atoms with E-state index in [2.05, 4.69) is 54.4 Å². The molecule has 0 spiro atoms. The molecule has 0 aliphatic rings. The number of hydrogen-bond donors (Lipinski definition) is 0. The Bertz CT molecular complexity index is 615. The second-order valence-electron chi connectivity index (χ2n) is 4.92. The van der Waals surface area contributed by atoms with Gasteiger partial charge in [0.25, 0.3) is 0 Å². The highest BCUT2D eigenvalue weighted by atomic mass is 15.1. The zero-order valence-corrected chi connectivity index (χ0v) is 12.1. The maximum absolute atomic E-state index is 4.46. The maximum atomic E-state index is 4.46. The third kappa shape index (κ3) is 2.46. The minimum Gasteiger partial charge on any atom is -0.307 e. The molecule has 3 nitrogen and oxygen atoms in total. The summed E-state index contributed by atoms with van der Waals surface area (Å²) in [6, 6.07) is 8.51. The smallest absolute Gasteiger partial charge is 0.142 e. The SMILES string of the molecule is CC(C)n1c2ncccc2c2cccnc21.CCC. The van der Waals surface area contributed by atoms with Crippen molar-refractivity contribution in [3.05, 3.63) is 36.7 Å². The van der Waals surface area contributed by atoms with Crippen LogP contribution in [0.5, 0.6) is 0 Å². The summed E-state index contributed by atoms with van der Waals surface area (Å²) < 4.78 is 2.19. The summed E-state index contributed by atoms with van der Waals surface area (Å²) in [7, 11) is 0. The molecule has 0 saturated heterocycles. The van der Waals surface area contributed by atoms with E-state index in [0.717, 1.165) is 11.3 Å². The first-order valence-electron chi connectivity index (χ1n) is 6.90. The Balaban J connectivity index is 0.000000408. The Hall–Kier alpha value is -1.90. The Morgan fingerprint density at radius 2 is 1.37 bits per heavy atom. The Morgan fingerprint density at radius 1 is 0.947 bits per heavy atom. The van der Waals surface area contributed by atoms with Crippen molar-refractivity contribution in [2.75, 3.05) is 0 Å². The third-order valence-corrected chi connectivity index (χ3v) is 2.84. The molecule has 0 fully saturated rings. The lowest BCUT2D eigenvalue weighted by molar-refractivity contribution is 0.632. The van der Waals surface area contributed by atoms with Gasteiger partial charge in [-0.15, -0.1) is 0 Å². The molecular weight excluding hydrogens is 234 g/mol. The molecule has 0 N–H and O–H groups in total. The summed E-state index contributed by atoms with van der Waals surface area (Å²) >= 11 is 0. The van der Waals surface area contributed by atoms with Crippen molar-refractivity contribution in [1.82, 2.24) is 14.5 Å². The molecule has 0 aromatic carbocycles. The van der Waals surface area contributed by atoms with E-state index >= 15 is 0 Å². The van der Waals surface area contributed by atoms with Crippen molar-refractivity contribution < 1.29 is 0 Å². The zero-order valence-electron chi connectivity index (χ0n) is 12.1. The van der Waals surface area contributed by atoms with E-state index in [4.69, 9.17) is 0 Å². The fourth-order valence-corrected chi connectivity index (χ4v) is 2.19. The van der Waals surface area contributed by atoms with Crippen molar-refractivity contribution in [2.24, 2.45) is 0 Å². The standard InChI is InChI=1S/C13H13N3.C3H8/c1-9(2)16-12-10(5-3-7-14-12)11-6-4-8-15-13(11)16;1-3-2/h3-9H,1-2H3;3H2,1-2H3. The van der Waals surface area contributed by atoms with Crippen LogP contribution in [0.15, 0.2) is 36.7 Å². The van der Waals surface area contributed by atoms with Gasteiger partial charge in [0.2, 0.25) is 0 Å². The predicted octanol–water partition coefficient (Wildman–Crippen LogP) is 4.58. The van der Waals surface area contributed by atoms with Crippen LogP contribution in [0.25, 0.3) is 22.1 Å².